The number of hydrogen-bond acceptors (Lipinski definition) is 2. The number of ether oxygens (including phenoxy) is 1. The summed E-state index contributed by atoms with van der Waals surface area (Å²) in [5.74, 6) is -0.262. The Morgan fingerprint density at radius 1 is 1.45 bits per heavy atom. The van der Waals surface area contributed by atoms with Gasteiger partial charge in [0.15, 0.2) is 0 Å². The maximum atomic E-state index is 13.6. The van der Waals surface area contributed by atoms with E-state index >= 15 is 0 Å². The normalized spacial score (nSPS) is 18.7. The number of nitrogens with zero attached hydrogens (tertiary/aromatic N) is 1. The summed E-state index contributed by atoms with van der Waals surface area (Å²) in [4.78, 5) is 13.9. The highest BCUT2D eigenvalue weighted by Gasteiger charge is 2.31. The summed E-state index contributed by atoms with van der Waals surface area (Å²) in [6, 6.07) is 3.18. The van der Waals surface area contributed by atoms with Crippen LogP contribution in [0.5, 0.6) is 0 Å². The monoisotopic (exact) mass is 343 g/mol. The fourth-order valence-electron chi connectivity index (χ4n) is 2.38. The van der Waals surface area contributed by atoms with E-state index in [9.17, 15) is 9.18 Å². The molecule has 1 aromatic carbocycles. The van der Waals surface area contributed by atoms with Crippen LogP contribution in [-0.4, -0.2) is 23.1 Å². The molecule has 0 bridgehead atoms. The molecule has 0 N–H and O–H groups in total. The number of fused-ring (bicyclic) bond motifs is 1. The van der Waals surface area contributed by atoms with Crippen LogP contribution >= 0.6 is 15.9 Å². The smallest absolute Gasteiger partial charge is 0.410 e. The van der Waals surface area contributed by atoms with Crippen molar-refractivity contribution < 1.29 is 13.9 Å². The average Bonchev–Trinajstić information content (AvgIpc) is 2.30. The Balaban J connectivity index is 2.25. The minimum atomic E-state index is -0.513. The van der Waals surface area contributed by atoms with Gasteiger partial charge in [-0.05, 0) is 73.3 Å². The quantitative estimate of drug-likeness (QED) is 0.696. The van der Waals surface area contributed by atoms with E-state index in [4.69, 9.17) is 4.74 Å². The summed E-state index contributed by atoms with van der Waals surface area (Å²) >= 11 is 3.20. The van der Waals surface area contributed by atoms with E-state index in [0.29, 0.717) is 17.4 Å². The van der Waals surface area contributed by atoms with Gasteiger partial charge in [0.25, 0.3) is 0 Å². The van der Waals surface area contributed by atoms with Crippen molar-refractivity contribution in [3.8, 4) is 0 Å². The predicted molar refractivity (Wildman–Crippen MR) is 79.2 cm³/mol. The minimum absolute atomic E-state index is 0.120. The summed E-state index contributed by atoms with van der Waals surface area (Å²) in [6.07, 6.45) is 0.319. The van der Waals surface area contributed by atoms with Gasteiger partial charge in [-0.25, -0.2) is 9.18 Å². The topological polar surface area (TPSA) is 29.5 Å². The molecule has 0 spiro atoms. The standard InChI is InChI=1S/C15H19BrFNO2/c1-9-11-8-12(16)13(17)7-10(11)5-6-18(9)14(19)20-15(2,3)4/h7-9H,5-6H2,1-4H3/t9-/m1/s1. The lowest BCUT2D eigenvalue weighted by molar-refractivity contribution is 0.0159. The first kappa shape index (κ1) is 15.3. The van der Waals surface area contributed by atoms with Crippen LogP contribution in [0.1, 0.15) is 44.9 Å². The first-order chi connectivity index (χ1) is 9.19. The van der Waals surface area contributed by atoms with Crippen LogP contribution in [0.3, 0.4) is 0 Å². The van der Waals surface area contributed by atoms with Crippen LogP contribution in [0.15, 0.2) is 16.6 Å². The van der Waals surface area contributed by atoms with Gasteiger partial charge in [-0.15, -0.1) is 0 Å². The molecule has 1 aliphatic rings. The average molecular weight is 344 g/mol. The fraction of sp³-hybridized carbons (Fsp3) is 0.533. The van der Waals surface area contributed by atoms with Crippen molar-refractivity contribution in [1.82, 2.24) is 4.90 Å². The van der Waals surface area contributed by atoms with Gasteiger partial charge in [-0.2, -0.15) is 0 Å². The molecule has 110 valence electrons. The zero-order valence-corrected chi connectivity index (χ0v) is 13.8. The van der Waals surface area contributed by atoms with Gasteiger partial charge in [-0.3, -0.25) is 0 Å². The van der Waals surface area contributed by atoms with E-state index in [-0.39, 0.29) is 18.0 Å². The van der Waals surface area contributed by atoms with Crippen LogP contribution in [0, 0.1) is 5.82 Å². The van der Waals surface area contributed by atoms with Gasteiger partial charge in [0, 0.05) is 6.54 Å². The minimum Gasteiger partial charge on any atom is -0.444 e. The largest absolute Gasteiger partial charge is 0.444 e. The molecule has 0 aliphatic carbocycles. The molecule has 2 rings (SSSR count). The summed E-state index contributed by atoms with van der Waals surface area (Å²) in [5, 5.41) is 0. The second-order valence-electron chi connectivity index (χ2n) is 6.06. The molecular weight excluding hydrogens is 325 g/mol. The second kappa shape index (κ2) is 5.35. The maximum absolute atomic E-state index is 13.6. The highest BCUT2D eigenvalue weighted by molar-refractivity contribution is 9.10. The molecule has 1 aliphatic heterocycles. The third-order valence-corrected chi connectivity index (χ3v) is 3.96. The Bertz CT molecular complexity index is 539. The molecular formula is C15H19BrFNO2. The molecule has 1 aromatic rings. The number of benzene rings is 1. The molecule has 1 atom stereocenters. The van der Waals surface area contributed by atoms with Crippen molar-refractivity contribution in [3.05, 3.63) is 33.5 Å². The first-order valence-corrected chi connectivity index (χ1v) is 7.46. The molecule has 20 heavy (non-hydrogen) atoms. The van der Waals surface area contributed by atoms with Gasteiger partial charge in [-0.1, -0.05) is 0 Å². The third kappa shape index (κ3) is 3.14. The molecule has 0 aromatic heterocycles. The first-order valence-electron chi connectivity index (χ1n) is 6.66. The summed E-state index contributed by atoms with van der Waals surface area (Å²) < 4.78 is 19.4. The van der Waals surface area contributed by atoms with Crippen molar-refractivity contribution >= 4 is 22.0 Å². The number of halogens is 2. The fourth-order valence-corrected chi connectivity index (χ4v) is 2.74. The van der Waals surface area contributed by atoms with Crippen molar-refractivity contribution in [2.75, 3.05) is 6.54 Å². The maximum Gasteiger partial charge on any atom is 0.410 e. The van der Waals surface area contributed by atoms with E-state index in [1.807, 2.05) is 27.7 Å². The van der Waals surface area contributed by atoms with Gasteiger partial charge in [0.1, 0.15) is 11.4 Å². The molecule has 5 heteroatoms. The third-order valence-electron chi connectivity index (χ3n) is 3.35. The highest BCUT2D eigenvalue weighted by Crippen LogP contribution is 2.33. The van der Waals surface area contributed by atoms with Crippen molar-refractivity contribution in [3.63, 3.8) is 0 Å². The second-order valence-corrected chi connectivity index (χ2v) is 6.92. The van der Waals surface area contributed by atoms with Crippen LogP contribution in [-0.2, 0) is 11.2 Å². The van der Waals surface area contributed by atoms with Gasteiger partial charge in [0.2, 0.25) is 0 Å². The molecule has 0 fully saturated rings. The van der Waals surface area contributed by atoms with Gasteiger partial charge >= 0.3 is 6.09 Å². The Morgan fingerprint density at radius 3 is 2.70 bits per heavy atom. The van der Waals surface area contributed by atoms with Crippen LogP contribution < -0.4 is 0 Å². The molecule has 0 saturated heterocycles. The SMILES string of the molecule is C[C@@H]1c2cc(Br)c(F)cc2CCN1C(=O)OC(C)(C)C. The number of carbonyl (C=O) groups is 1. The van der Waals surface area contributed by atoms with Gasteiger partial charge < -0.3 is 9.64 Å². The van der Waals surface area contributed by atoms with Gasteiger partial charge in [0.05, 0.1) is 10.5 Å². The summed E-state index contributed by atoms with van der Waals surface area (Å²) in [6.45, 7) is 8.02. The lowest BCUT2D eigenvalue weighted by atomic mass is 9.94. The molecule has 0 saturated carbocycles. The summed E-state index contributed by atoms with van der Waals surface area (Å²) in [7, 11) is 0. The van der Waals surface area contributed by atoms with Crippen molar-refractivity contribution in [2.24, 2.45) is 0 Å². The number of hydrogen-bond donors (Lipinski definition) is 0. The van der Waals surface area contributed by atoms with E-state index in [0.717, 1.165) is 11.1 Å². The molecule has 0 radical (unpaired) electrons. The Kier molecular flexibility index (Phi) is 4.09. The number of amides is 1. The van der Waals surface area contributed by atoms with E-state index < -0.39 is 5.60 Å². The molecule has 1 heterocycles. The van der Waals surface area contributed by atoms with E-state index in [2.05, 4.69) is 15.9 Å². The van der Waals surface area contributed by atoms with E-state index in [1.165, 1.54) is 0 Å². The van der Waals surface area contributed by atoms with Crippen LogP contribution in [0.25, 0.3) is 0 Å². The van der Waals surface area contributed by atoms with Crippen molar-refractivity contribution in [1.29, 1.82) is 0 Å². The van der Waals surface area contributed by atoms with E-state index in [1.54, 1.807) is 17.0 Å². The Hall–Kier alpha value is -1.10. The highest BCUT2D eigenvalue weighted by atomic mass is 79.9. The Labute approximate surface area is 127 Å². The lowest BCUT2D eigenvalue weighted by Gasteiger charge is -2.36. The van der Waals surface area contributed by atoms with Crippen LogP contribution in [0.4, 0.5) is 9.18 Å². The molecule has 3 nitrogen and oxygen atoms in total. The van der Waals surface area contributed by atoms with Crippen LogP contribution in [0.2, 0.25) is 0 Å². The zero-order valence-electron chi connectivity index (χ0n) is 12.2. The lowest BCUT2D eigenvalue weighted by Crippen LogP contribution is -2.42. The van der Waals surface area contributed by atoms with Crippen molar-refractivity contribution in [2.45, 2.75) is 45.8 Å². The molecule has 0 unspecified atom stereocenters. The summed E-state index contributed by atoms with van der Waals surface area (Å²) in [5.41, 5.74) is 1.41. The Morgan fingerprint density at radius 2 is 2.10 bits per heavy atom. The number of carbonyl (C=O) groups excluding carboxylic acids is 1. The predicted octanol–water partition coefficient (Wildman–Crippen LogP) is 4.44. The number of rotatable bonds is 0. The molecule has 1 amide bonds. The zero-order chi connectivity index (χ0) is 15.1.